The summed E-state index contributed by atoms with van der Waals surface area (Å²) in [5.41, 5.74) is 0.532. The molecular weight excluding hydrogens is 462 g/mol. The van der Waals surface area contributed by atoms with Crippen LogP contribution < -0.4 is 14.8 Å². The summed E-state index contributed by atoms with van der Waals surface area (Å²) in [7, 11) is 5.24. The van der Waals surface area contributed by atoms with Crippen molar-refractivity contribution in [3.63, 3.8) is 0 Å². The van der Waals surface area contributed by atoms with Crippen molar-refractivity contribution in [2.75, 3.05) is 54.0 Å². The average Bonchev–Trinajstić information content (AvgIpc) is 2.90. The number of aryl methyl sites for hydroxylation is 1. The minimum atomic E-state index is -1.07. The molecule has 36 heavy (non-hydrogen) atoms. The number of carbonyl (C=O) groups is 2. The summed E-state index contributed by atoms with van der Waals surface area (Å²) >= 11 is 0. The van der Waals surface area contributed by atoms with Gasteiger partial charge in [-0.3, -0.25) is 9.59 Å². The number of hydrogen-bond donors (Lipinski definition) is 3. The fourth-order valence-electron chi connectivity index (χ4n) is 5.21. The lowest BCUT2D eigenvalue weighted by atomic mass is 9.73. The van der Waals surface area contributed by atoms with Gasteiger partial charge in [0.25, 0.3) is 0 Å². The Morgan fingerprint density at radius 1 is 1.03 bits per heavy atom. The van der Waals surface area contributed by atoms with Gasteiger partial charge in [0.05, 0.1) is 31.8 Å². The number of aliphatic hydroxyl groups is 2. The highest BCUT2D eigenvalue weighted by atomic mass is 16.5. The van der Waals surface area contributed by atoms with E-state index in [4.69, 9.17) is 9.47 Å². The van der Waals surface area contributed by atoms with Crippen LogP contribution in [0.2, 0.25) is 0 Å². The Balaban J connectivity index is 1.65. The van der Waals surface area contributed by atoms with Crippen molar-refractivity contribution in [3.05, 3.63) is 23.8 Å². The maximum absolute atomic E-state index is 13.2. The molecule has 1 aromatic rings. The van der Waals surface area contributed by atoms with Crippen molar-refractivity contribution in [1.82, 2.24) is 15.1 Å². The van der Waals surface area contributed by atoms with Gasteiger partial charge in [-0.05, 0) is 76.4 Å². The number of nitrogens with zero attached hydrogens (tertiary/aromatic N) is 2. The molecule has 2 aliphatic heterocycles. The smallest absolute Gasteiger partial charge is 0.226 e. The summed E-state index contributed by atoms with van der Waals surface area (Å²) in [6, 6.07) is 5.65. The molecule has 9 nitrogen and oxygen atoms in total. The summed E-state index contributed by atoms with van der Waals surface area (Å²) in [4.78, 5) is 30.3. The van der Waals surface area contributed by atoms with Gasteiger partial charge in [-0.1, -0.05) is 12.5 Å². The van der Waals surface area contributed by atoms with Crippen molar-refractivity contribution < 1.29 is 29.3 Å². The highest BCUT2D eigenvalue weighted by Gasteiger charge is 2.40. The number of likely N-dealkylation sites (tertiary alicyclic amines) is 1. The van der Waals surface area contributed by atoms with E-state index in [9.17, 15) is 19.8 Å². The molecule has 0 radical (unpaired) electrons. The van der Waals surface area contributed by atoms with Crippen LogP contribution in [-0.4, -0.2) is 98.0 Å². The van der Waals surface area contributed by atoms with Crippen molar-refractivity contribution in [1.29, 1.82) is 0 Å². The van der Waals surface area contributed by atoms with E-state index in [0.29, 0.717) is 37.4 Å². The van der Waals surface area contributed by atoms with Gasteiger partial charge in [-0.2, -0.15) is 0 Å². The van der Waals surface area contributed by atoms with Gasteiger partial charge in [0.2, 0.25) is 11.8 Å². The highest BCUT2D eigenvalue weighted by Crippen LogP contribution is 2.37. The number of piperidine rings is 1. The molecule has 1 aromatic carbocycles. The largest absolute Gasteiger partial charge is 0.493 e. The first-order valence-corrected chi connectivity index (χ1v) is 13.1. The average molecular weight is 506 g/mol. The van der Waals surface area contributed by atoms with Gasteiger partial charge in [-0.25, -0.2) is 0 Å². The summed E-state index contributed by atoms with van der Waals surface area (Å²) in [5.74, 6) is 1.27. The van der Waals surface area contributed by atoms with Gasteiger partial charge in [0, 0.05) is 26.1 Å². The first kappa shape index (κ1) is 28.2. The van der Waals surface area contributed by atoms with Crippen LogP contribution in [0.5, 0.6) is 11.5 Å². The van der Waals surface area contributed by atoms with E-state index in [1.54, 1.807) is 19.1 Å². The van der Waals surface area contributed by atoms with Crippen LogP contribution in [0, 0.1) is 5.41 Å². The number of β-amino-alcohol motifs (C(OH)–C–C–N with tert-alkyl or cyclic N) is 1. The number of rotatable bonds is 5. The van der Waals surface area contributed by atoms with Crippen LogP contribution in [-0.2, 0) is 16.0 Å². The molecule has 3 N–H and O–H groups in total. The van der Waals surface area contributed by atoms with E-state index in [2.05, 4.69) is 17.3 Å². The second-order valence-electron chi connectivity index (χ2n) is 10.2. The van der Waals surface area contributed by atoms with Gasteiger partial charge in [-0.15, -0.1) is 0 Å². The van der Waals surface area contributed by atoms with E-state index in [1.165, 1.54) is 0 Å². The second kappa shape index (κ2) is 13.3. The molecule has 2 fully saturated rings. The summed E-state index contributed by atoms with van der Waals surface area (Å²) in [6.07, 6.45) is 3.05. The SMILES string of the molecule is COc1ccc(CCC(=O)N2CCCCC3(CCN(C)CC3)C(=O)NC[C@@H](O)[C@@H](O)CC2)cc1OC. The van der Waals surface area contributed by atoms with Gasteiger partial charge in [0.15, 0.2) is 11.5 Å². The molecular formula is C27H43N3O6. The third-order valence-corrected chi connectivity index (χ3v) is 7.80. The number of benzene rings is 1. The Bertz CT molecular complexity index is 871. The molecule has 2 amide bonds. The predicted molar refractivity (Wildman–Crippen MR) is 137 cm³/mol. The maximum Gasteiger partial charge on any atom is 0.226 e. The minimum Gasteiger partial charge on any atom is -0.493 e. The molecule has 1 spiro atoms. The summed E-state index contributed by atoms with van der Waals surface area (Å²) < 4.78 is 10.7. The Hall–Kier alpha value is -2.36. The van der Waals surface area contributed by atoms with Crippen LogP contribution in [0.1, 0.15) is 50.5 Å². The van der Waals surface area contributed by atoms with E-state index in [-0.39, 0.29) is 24.8 Å². The van der Waals surface area contributed by atoms with Crippen molar-refractivity contribution in [2.45, 2.75) is 63.6 Å². The lowest BCUT2D eigenvalue weighted by Gasteiger charge is -2.39. The highest BCUT2D eigenvalue weighted by molar-refractivity contribution is 5.82. The predicted octanol–water partition coefficient (Wildman–Crippen LogP) is 1.59. The number of aliphatic hydroxyl groups excluding tert-OH is 2. The number of nitrogens with one attached hydrogen (secondary N) is 1. The van der Waals surface area contributed by atoms with E-state index >= 15 is 0 Å². The fourth-order valence-corrected chi connectivity index (χ4v) is 5.21. The molecule has 2 heterocycles. The second-order valence-corrected chi connectivity index (χ2v) is 10.2. The lowest BCUT2D eigenvalue weighted by molar-refractivity contribution is -0.135. The number of carbonyl (C=O) groups excluding carboxylic acids is 2. The number of ether oxygens (including phenoxy) is 2. The normalized spacial score (nSPS) is 24.2. The Labute approximate surface area is 214 Å². The molecule has 0 aromatic heterocycles. The van der Waals surface area contributed by atoms with E-state index in [0.717, 1.165) is 50.8 Å². The van der Waals surface area contributed by atoms with E-state index in [1.807, 2.05) is 18.2 Å². The summed E-state index contributed by atoms with van der Waals surface area (Å²) in [6.45, 7) is 2.68. The molecule has 9 heteroatoms. The zero-order valence-electron chi connectivity index (χ0n) is 22.0. The standard InChI is InChI=1S/C27H43N3O6/c1-29-16-12-27(13-17-29)11-4-5-14-30(15-10-21(31)22(32)19-28-26(27)34)25(33)9-7-20-6-8-23(35-2)24(18-20)36-3/h6,8,18,21-22,31-32H,4-5,7,9-17,19H2,1-3H3,(H,28,34)/t21-,22+/m0/s1. The molecule has 0 saturated carbocycles. The maximum atomic E-state index is 13.2. The van der Waals surface area contributed by atoms with Crippen LogP contribution in [0.4, 0.5) is 0 Å². The minimum absolute atomic E-state index is 0.0181. The van der Waals surface area contributed by atoms with Gasteiger partial charge >= 0.3 is 0 Å². The van der Waals surface area contributed by atoms with Crippen LogP contribution in [0.15, 0.2) is 18.2 Å². The molecule has 2 aliphatic rings. The van der Waals surface area contributed by atoms with Crippen LogP contribution >= 0.6 is 0 Å². The van der Waals surface area contributed by atoms with Crippen molar-refractivity contribution in [3.8, 4) is 11.5 Å². The topological polar surface area (TPSA) is 112 Å². The lowest BCUT2D eigenvalue weighted by Crippen LogP contribution is -2.50. The molecule has 3 rings (SSSR count). The third-order valence-electron chi connectivity index (χ3n) is 7.80. The molecule has 2 atom stereocenters. The zero-order chi connectivity index (χ0) is 26.1. The molecule has 0 aliphatic carbocycles. The Kier molecular flexibility index (Phi) is 10.4. The molecule has 0 bridgehead atoms. The quantitative estimate of drug-likeness (QED) is 0.557. The first-order chi connectivity index (χ1) is 17.3. The van der Waals surface area contributed by atoms with E-state index < -0.39 is 17.6 Å². The molecule has 202 valence electrons. The van der Waals surface area contributed by atoms with Crippen molar-refractivity contribution >= 4 is 11.8 Å². The Morgan fingerprint density at radius 3 is 2.44 bits per heavy atom. The number of amides is 2. The van der Waals surface area contributed by atoms with Gasteiger partial charge in [0.1, 0.15) is 0 Å². The number of methoxy groups -OCH3 is 2. The third kappa shape index (κ3) is 7.33. The van der Waals surface area contributed by atoms with Crippen molar-refractivity contribution in [2.24, 2.45) is 5.41 Å². The Morgan fingerprint density at radius 2 is 1.75 bits per heavy atom. The fraction of sp³-hybridized carbons (Fsp3) is 0.704. The zero-order valence-corrected chi connectivity index (χ0v) is 22.0. The summed E-state index contributed by atoms with van der Waals surface area (Å²) in [5, 5.41) is 23.8. The first-order valence-electron chi connectivity index (χ1n) is 13.1. The van der Waals surface area contributed by atoms with Crippen LogP contribution in [0.25, 0.3) is 0 Å². The molecule has 2 saturated heterocycles. The monoisotopic (exact) mass is 505 g/mol. The van der Waals surface area contributed by atoms with Gasteiger partial charge < -0.3 is 34.8 Å². The number of hydrogen-bond acceptors (Lipinski definition) is 7. The van der Waals surface area contributed by atoms with Crippen LogP contribution in [0.3, 0.4) is 0 Å². The molecule has 0 unspecified atom stereocenters.